The minimum Gasteiger partial charge on any atom is -0.462 e. The van der Waals surface area contributed by atoms with Crippen molar-refractivity contribution >= 4 is 5.97 Å². The molecule has 1 aliphatic carbocycles. The molecule has 1 N–H and O–H groups in total. The quantitative estimate of drug-likeness (QED) is 0.336. The maximum atomic E-state index is 13.4. The van der Waals surface area contributed by atoms with Crippen molar-refractivity contribution in [1.29, 1.82) is 0 Å². The molecule has 3 nitrogen and oxygen atoms in total. The van der Waals surface area contributed by atoms with E-state index in [1.54, 1.807) is 0 Å². The summed E-state index contributed by atoms with van der Waals surface area (Å²) >= 11 is 0. The van der Waals surface area contributed by atoms with E-state index in [1.165, 1.54) is 17.5 Å². The Hall–Kier alpha value is -2.91. The van der Waals surface area contributed by atoms with Crippen LogP contribution in [0.2, 0.25) is 0 Å². The van der Waals surface area contributed by atoms with E-state index in [0.29, 0.717) is 24.8 Å². The van der Waals surface area contributed by atoms with Gasteiger partial charge in [0.15, 0.2) is 0 Å². The van der Waals surface area contributed by atoms with Crippen LogP contribution in [0.5, 0.6) is 0 Å². The number of hydrogen-bond acceptors (Lipinski definition) is 3. The second kappa shape index (κ2) is 11.7. The molecule has 0 unspecified atom stereocenters. The second-order valence-corrected chi connectivity index (χ2v) is 10.7. The molecule has 0 heterocycles. The van der Waals surface area contributed by atoms with E-state index < -0.39 is 0 Å². The summed E-state index contributed by atoms with van der Waals surface area (Å²) in [7, 11) is 0. The summed E-state index contributed by atoms with van der Waals surface area (Å²) in [5.74, 6) is 0.752. The zero-order valence-corrected chi connectivity index (χ0v) is 21.3. The van der Waals surface area contributed by atoms with Crippen molar-refractivity contribution in [1.82, 2.24) is 5.32 Å². The van der Waals surface area contributed by atoms with Gasteiger partial charge in [-0.25, -0.2) is 0 Å². The molecule has 0 saturated heterocycles. The standard InChI is InChI=1S/C32H39NO2/c1-24-19-20-28(32(2,3)27-17-11-6-12-18-27)30(21-24)35-31(34)22-29(26-15-9-5-10-16-26)33-23-25-13-7-4-8-14-25/h4-18,24,28-30,33H,19-23H2,1-3H3/t24-,28-,29+,30-/m1/s1. The third kappa shape index (κ3) is 6.61. The van der Waals surface area contributed by atoms with Crippen molar-refractivity contribution in [3.05, 3.63) is 108 Å². The smallest absolute Gasteiger partial charge is 0.308 e. The number of benzene rings is 3. The Kier molecular flexibility index (Phi) is 8.41. The molecule has 0 bridgehead atoms. The predicted octanol–water partition coefficient (Wildman–Crippen LogP) is 7.23. The highest BCUT2D eigenvalue weighted by atomic mass is 16.5. The monoisotopic (exact) mass is 469 g/mol. The van der Waals surface area contributed by atoms with E-state index in [4.69, 9.17) is 4.74 Å². The Balaban J connectivity index is 1.47. The van der Waals surface area contributed by atoms with Crippen LogP contribution in [0.15, 0.2) is 91.0 Å². The molecular weight excluding hydrogens is 430 g/mol. The van der Waals surface area contributed by atoms with Crippen molar-refractivity contribution in [3.8, 4) is 0 Å². The Morgan fingerprint density at radius 1 is 0.914 bits per heavy atom. The van der Waals surface area contributed by atoms with Gasteiger partial charge in [0.2, 0.25) is 0 Å². The third-order valence-corrected chi connectivity index (χ3v) is 7.75. The van der Waals surface area contributed by atoms with Crippen LogP contribution in [-0.4, -0.2) is 12.1 Å². The van der Waals surface area contributed by atoms with Gasteiger partial charge in [0.25, 0.3) is 0 Å². The first-order chi connectivity index (χ1) is 16.9. The van der Waals surface area contributed by atoms with Crippen LogP contribution in [-0.2, 0) is 21.5 Å². The molecule has 4 rings (SSSR count). The zero-order valence-electron chi connectivity index (χ0n) is 21.3. The van der Waals surface area contributed by atoms with Gasteiger partial charge in [-0.05, 0) is 40.9 Å². The van der Waals surface area contributed by atoms with E-state index in [-0.39, 0.29) is 23.5 Å². The lowest BCUT2D eigenvalue weighted by Gasteiger charge is -2.44. The Morgan fingerprint density at radius 2 is 1.51 bits per heavy atom. The van der Waals surface area contributed by atoms with Gasteiger partial charge in [-0.15, -0.1) is 0 Å². The fraction of sp³-hybridized carbons (Fsp3) is 0.406. The largest absolute Gasteiger partial charge is 0.462 e. The van der Waals surface area contributed by atoms with Crippen molar-refractivity contribution in [2.24, 2.45) is 11.8 Å². The number of carbonyl (C=O) groups excluding carboxylic acids is 1. The number of carbonyl (C=O) groups is 1. The molecule has 0 spiro atoms. The lowest BCUT2D eigenvalue weighted by Crippen LogP contribution is -2.43. The van der Waals surface area contributed by atoms with Crippen LogP contribution < -0.4 is 5.32 Å². The number of ether oxygens (including phenoxy) is 1. The second-order valence-electron chi connectivity index (χ2n) is 10.7. The van der Waals surface area contributed by atoms with E-state index in [9.17, 15) is 4.79 Å². The maximum absolute atomic E-state index is 13.4. The van der Waals surface area contributed by atoms with Crippen LogP contribution in [0.1, 0.15) is 69.2 Å². The summed E-state index contributed by atoms with van der Waals surface area (Å²) in [4.78, 5) is 13.4. The van der Waals surface area contributed by atoms with Crippen molar-refractivity contribution in [2.45, 2.75) is 70.6 Å². The highest BCUT2D eigenvalue weighted by molar-refractivity contribution is 5.70. The zero-order chi connectivity index (χ0) is 24.7. The fourth-order valence-electron chi connectivity index (χ4n) is 5.58. The van der Waals surface area contributed by atoms with Gasteiger partial charge in [-0.2, -0.15) is 0 Å². The molecule has 4 atom stereocenters. The van der Waals surface area contributed by atoms with Crippen LogP contribution in [0, 0.1) is 11.8 Å². The van der Waals surface area contributed by atoms with Gasteiger partial charge in [0, 0.05) is 18.5 Å². The third-order valence-electron chi connectivity index (χ3n) is 7.75. The van der Waals surface area contributed by atoms with Gasteiger partial charge < -0.3 is 10.1 Å². The first-order valence-electron chi connectivity index (χ1n) is 13.0. The highest BCUT2D eigenvalue weighted by Gasteiger charge is 2.42. The van der Waals surface area contributed by atoms with Crippen LogP contribution >= 0.6 is 0 Å². The average molecular weight is 470 g/mol. The Bertz CT molecular complexity index is 1050. The van der Waals surface area contributed by atoms with E-state index >= 15 is 0 Å². The molecule has 0 aromatic heterocycles. The molecule has 0 radical (unpaired) electrons. The topological polar surface area (TPSA) is 38.3 Å². The molecule has 3 aromatic rings. The minimum absolute atomic E-state index is 0.0588. The van der Waals surface area contributed by atoms with E-state index in [1.807, 2.05) is 36.4 Å². The summed E-state index contributed by atoms with van der Waals surface area (Å²) in [6, 6.07) is 31.1. The van der Waals surface area contributed by atoms with Crippen molar-refractivity contribution in [2.75, 3.05) is 0 Å². The maximum Gasteiger partial charge on any atom is 0.308 e. The highest BCUT2D eigenvalue weighted by Crippen LogP contribution is 2.43. The van der Waals surface area contributed by atoms with E-state index in [2.05, 4.69) is 80.7 Å². The molecule has 1 fully saturated rings. The van der Waals surface area contributed by atoms with Gasteiger partial charge in [0.1, 0.15) is 6.10 Å². The van der Waals surface area contributed by atoms with Crippen LogP contribution in [0.25, 0.3) is 0 Å². The Morgan fingerprint density at radius 3 is 2.17 bits per heavy atom. The van der Waals surface area contributed by atoms with Gasteiger partial charge >= 0.3 is 5.97 Å². The summed E-state index contributed by atoms with van der Waals surface area (Å²) in [5.41, 5.74) is 3.56. The molecular formula is C32H39NO2. The average Bonchev–Trinajstić information content (AvgIpc) is 2.88. The van der Waals surface area contributed by atoms with Crippen LogP contribution in [0.4, 0.5) is 0 Å². The Labute approximate surface area is 210 Å². The molecule has 0 aliphatic heterocycles. The summed E-state index contributed by atoms with van der Waals surface area (Å²) < 4.78 is 6.31. The predicted molar refractivity (Wildman–Crippen MR) is 143 cm³/mol. The summed E-state index contributed by atoms with van der Waals surface area (Å²) in [6.45, 7) is 7.59. The lowest BCUT2D eigenvalue weighted by molar-refractivity contribution is -0.157. The minimum atomic E-state index is -0.118. The summed E-state index contributed by atoms with van der Waals surface area (Å²) in [6.07, 6.45) is 3.45. The number of hydrogen-bond donors (Lipinski definition) is 1. The SMILES string of the molecule is C[C@@H]1CC[C@@H](C(C)(C)c2ccccc2)[C@H](OC(=O)C[C@H](NCc2ccccc2)c2ccccc2)C1. The van der Waals surface area contributed by atoms with Gasteiger partial charge in [-0.3, -0.25) is 4.79 Å². The first-order valence-corrected chi connectivity index (χ1v) is 13.0. The van der Waals surface area contributed by atoms with Crippen LogP contribution in [0.3, 0.4) is 0 Å². The van der Waals surface area contributed by atoms with Crippen molar-refractivity contribution in [3.63, 3.8) is 0 Å². The van der Waals surface area contributed by atoms with Gasteiger partial charge in [-0.1, -0.05) is 118 Å². The molecule has 184 valence electrons. The molecule has 1 saturated carbocycles. The first kappa shape index (κ1) is 25.2. The van der Waals surface area contributed by atoms with Gasteiger partial charge in [0.05, 0.1) is 6.42 Å². The molecule has 3 heteroatoms. The molecule has 3 aromatic carbocycles. The number of esters is 1. The number of nitrogens with one attached hydrogen (secondary N) is 1. The lowest BCUT2D eigenvalue weighted by atomic mass is 9.64. The summed E-state index contributed by atoms with van der Waals surface area (Å²) in [5, 5.41) is 3.60. The molecule has 0 amide bonds. The normalized spacial score (nSPS) is 21.3. The fourth-order valence-corrected chi connectivity index (χ4v) is 5.58. The number of rotatable bonds is 9. The molecule has 35 heavy (non-hydrogen) atoms. The molecule has 1 aliphatic rings. The van der Waals surface area contributed by atoms with E-state index in [0.717, 1.165) is 18.4 Å². The van der Waals surface area contributed by atoms with Crippen molar-refractivity contribution < 1.29 is 9.53 Å².